The molecule has 0 unspecified atom stereocenters. The van der Waals surface area contributed by atoms with Crippen LogP contribution in [-0.2, 0) is 20.6 Å². The number of benzene rings is 1. The Labute approximate surface area is 263 Å². The number of pyridine rings is 2. The van der Waals surface area contributed by atoms with Crippen molar-refractivity contribution < 1.29 is 14.1 Å². The summed E-state index contributed by atoms with van der Waals surface area (Å²) in [6, 6.07) is 13.9. The smallest absolute Gasteiger partial charge is 0.291 e. The van der Waals surface area contributed by atoms with Crippen LogP contribution >= 0.6 is 0 Å². The summed E-state index contributed by atoms with van der Waals surface area (Å²) in [5, 5.41) is 10.7. The Hall–Kier alpha value is -6.22. The van der Waals surface area contributed by atoms with Crippen LogP contribution in [0.4, 0.5) is 11.5 Å². The quantitative estimate of drug-likeness (QED) is 0.243. The van der Waals surface area contributed by atoms with Gasteiger partial charge in [0.1, 0.15) is 5.56 Å². The summed E-state index contributed by atoms with van der Waals surface area (Å²) in [4.78, 5) is 48.6. The van der Waals surface area contributed by atoms with Crippen molar-refractivity contribution in [1.29, 1.82) is 0 Å². The Morgan fingerprint density at radius 1 is 1.04 bits per heavy atom. The minimum absolute atomic E-state index is 0.137. The van der Waals surface area contributed by atoms with Gasteiger partial charge in [0.05, 0.1) is 16.9 Å². The van der Waals surface area contributed by atoms with Gasteiger partial charge in [-0.25, -0.2) is 4.98 Å². The van der Waals surface area contributed by atoms with E-state index in [1.807, 2.05) is 37.5 Å². The number of amides is 2. The molecule has 0 atom stereocenters. The van der Waals surface area contributed by atoms with Gasteiger partial charge >= 0.3 is 0 Å². The number of carbonyl (C=O) groups is 2. The Kier molecular flexibility index (Phi) is 7.59. The zero-order valence-electron chi connectivity index (χ0n) is 25.9. The fraction of sp³-hybridized carbons (Fsp3) is 0.176. The van der Waals surface area contributed by atoms with E-state index in [0.29, 0.717) is 46.1 Å². The van der Waals surface area contributed by atoms with Crippen LogP contribution in [-0.4, -0.2) is 40.9 Å². The number of nitrogens with one attached hydrogen (secondary N) is 2. The monoisotopic (exact) mass is 614 g/mol. The number of terminal acetylenes is 1. The third-order valence-corrected chi connectivity index (χ3v) is 7.67. The molecule has 0 radical (unpaired) electrons. The van der Waals surface area contributed by atoms with Gasteiger partial charge < -0.3 is 19.7 Å². The summed E-state index contributed by atoms with van der Waals surface area (Å²) < 4.78 is 10.0. The molecule has 0 aliphatic rings. The number of aryl methyl sites for hydroxylation is 5. The second-order valence-electron chi connectivity index (χ2n) is 10.8. The van der Waals surface area contributed by atoms with Gasteiger partial charge in [-0.15, -0.1) is 6.42 Å². The Morgan fingerprint density at radius 3 is 2.52 bits per heavy atom. The number of fused-ring (bicyclic) bond motifs is 1. The van der Waals surface area contributed by atoms with Crippen molar-refractivity contribution in [3.63, 3.8) is 0 Å². The molecular formula is C34H30N8O4. The highest BCUT2D eigenvalue weighted by atomic mass is 16.5. The zero-order chi connectivity index (χ0) is 32.7. The van der Waals surface area contributed by atoms with E-state index < -0.39 is 5.91 Å². The van der Waals surface area contributed by atoms with Gasteiger partial charge in [0.15, 0.2) is 11.5 Å². The van der Waals surface area contributed by atoms with Crippen LogP contribution < -0.4 is 16.2 Å². The number of hydrogen-bond donors (Lipinski definition) is 2. The van der Waals surface area contributed by atoms with Gasteiger partial charge in [0.25, 0.3) is 17.4 Å². The third kappa shape index (κ3) is 5.24. The molecule has 2 amide bonds. The Morgan fingerprint density at radius 2 is 1.85 bits per heavy atom. The predicted molar refractivity (Wildman–Crippen MR) is 175 cm³/mol. The van der Waals surface area contributed by atoms with Gasteiger partial charge in [-0.3, -0.25) is 24.0 Å². The molecule has 6 aromatic rings. The van der Waals surface area contributed by atoms with Gasteiger partial charge in [-0.2, -0.15) is 9.84 Å². The molecule has 0 aliphatic heterocycles. The van der Waals surface area contributed by atoms with Gasteiger partial charge in [-0.1, -0.05) is 12.1 Å². The van der Waals surface area contributed by atoms with Crippen LogP contribution in [0.25, 0.3) is 33.4 Å². The molecule has 0 saturated heterocycles. The normalized spacial score (nSPS) is 11.0. The van der Waals surface area contributed by atoms with Gasteiger partial charge in [-0.05, 0) is 62.6 Å². The molecule has 0 spiro atoms. The molecule has 2 N–H and O–H groups in total. The van der Waals surface area contributed by atoms with Crippen molar-refractivity contribution in [1.82, 2.24) is 29.1 Å². The van der Waals surface area contributed by atoms with E-state index in [1.54, 1.807) is 60.5 Å². The third-order valence-electron chi connectivity index (χ3n) is 7.67. The lowest BCUT2D eigenvalue weighted by atomic mass is 10.1. The van der Waals surface area contributed by atoms with Crippen molar-refractivity contribution >= 4 is 34.2 Å². The zero-order valence-corrected chi connectivity index (χ0v) is 25.9. The fourth-order valence-electron chi connectivity index (χ4n) is 5.58. The van der Waals surface area contributed by atoms with E-state index in [9.17, 15) is 14.4 Å². The lowest BCUT2D eigenvalue weighted by Crippen LogP contribution is -2.17. The van der Waals surface area contributed by atoms with Gasteiger partial charge in [0.2, 0.25) is 5.76 Å². The van der Waals surface area contributed by atoms with Crippen LogP contribution in [0.2, 0.25) is 0 Å². The first-order valence-electron chi connectivity index (χ1n) is 14.5. The van der Waals surface area contributed by atoms with E-state index in [2.05, 4.69) is 26.6 Å². The predicted octanol–water partition coefficient (Wildman–Crippen LogP) is 4.91. The summed E-state index contributed by atoms with van der Waals surface area (Å²) in [5.74, 6) is 2.20. The van der Waals surface area contributed by atoms with Crippen LogP contribution in [0.5, 0.6) is 0 Å². The highest BCUT2D eigenvalue weighted by Gasteiger charge is 2.24. The Balaban J connectivity index is 1.35. The molecule has 1 aromatic carbocycles. The molecule has 0 saturated carbocycles. The molecule has 12 nitrogen and oxygen atoms in total. The topological polar surface area (TPSA) is 142 Å². The van der Waals surface area contributed by atoms with Gasteiger partial charge in [0, 0.05) is 67.0 Å². The van der Waals surface area contributed by atoms with Crippen LogP contribution in [0, 0.1) is 26.2 Å². The van der Waals surface area contributed by atoms with Crippen molar-refractivity contribution in [3.8, 4) is 34.9 Å². The molecule has 46 heavy (non-hydrogen) atoms. The number of nitrogens with zero attached hydrogens (tertiary/aromatic N) is 6. The van der Waals surface area contributed by atoms with E-state index in [4.69, 9.17) is 15.9 Å². The van der Waals surface area contributed by atoms with Crippen molar-refractivity contribution in [2.75, 3.05) is 10.6 Å². The van der Waals surface area contributed by atoms with Crippen molar-refractivity contribution in [3.05, 3.63) is 99.6 Å². The number of hydrogen-bond acceptors (Lipinski definition) is 7. The maximum Gasteiger partial charge on any atom is 0.291 e. The molecule has 12 heteroatoms. The van der Waals surface area contributed by atoms with E-state index in [1.165, 1.54) is 7.05 Å². The molecule has 0 aliphatic carbocycles. The summed E-state index contributed by atoms with van der Waals surface area (Å²) in [7, 11) is 3.26. The number of aromatic nitrogens is 6. The van der Waals surface area contributed by atoms with Crippen molar-refractivity contribution in [2.45, 2.75) is 27.3 Å². The number of carbonyl (C=O) groups excluding carboxylic acids is 2. The summed E-state index contributed by atoms with van der Waals surface area (Å²) in [6.07, 6.45) is 8.88. The number of rotatable bonds is 7. The molecule has 0 bridgehead atoms. The van der Waals surface area contributed by atoms with E-state index in [0.717, 1.165) is 21.4 Å². The minimum Gasteiger partial charge on any atom is -0.367 e. The van der Waals surface area contributed by atoms with E-state index in [-0.39, 0.29) is 28.5 Å². The first-order chi connectivity index (χ1) is 22.1. The summed E-state index contributed by atoms with van der Waals surface area (Å²) in [6.45, 7) is 6.33. The number of anilines is 2. The standard InChI is InChI=1S/C34H30N8O4/c1-7-26-28(34(45)41(6)46-26)22-12-13-25(35-18-22)30-20(4)24-16-19(3)36-29(31(24)42(30)8-2)33(44)37-23-11-9-10-21(17-23)32(43)38-27-14-15-40(5)39-27/h1,9-18H,8H2,2-6H3,(H,37,44)(H,38,39,43). The highest BCUT2D eigenvalue weighted by Crippen LogP contribution is 2.35. The first kappa shape index (κ1) is 29.8. The van der Waals surface area contributed by atoms with Crippen LogP contribution in [0.15, 0.2) is 70.2 Å². The maximum absolute atomic E-state index is 13.8. The highest BCUT2D eigenvalue weighted by molar-refractivity contribution is 6.13. The minimum atomic E-state index is -0.421. The molecule has 6 rings (SSSR count). The van der Waals surface area contributed by atoms with Crippen molar-refractivity contribution in [2.24, 2.45) is 14.1 Å². The molecular weight excluding hydrogens is 584 g/mol. The fourth-order valence-corrected chi connectivity index (χ4v) is 5.58. The second kappa shape index (κ2) is 11.7. The summed E-state index contributed by atoms with van der Waals surface area (Å²) >= 11 is 0. The first-order valence-corrected chi connectivity index (χ1v) is 14.5. The average Bonchev–Trinajstić information content (AvgIpc) is 3.68. The second-order valence-corrected chi connectivity index (χ2v) is 10.8. The molecule has 5 aromatic heterocycles. The molecule has 5 heterocycles. The van der Waals surface area contributed by atoms with Crippen LogP contribution in [0.3, 0.4) is 0 Å². The Bertz CT molecular complexity index is 2260. The maximum atomic E-state index is 13.8. The molecule has 230 valence electrons. The van der Waals surface area contributed by atoms with E-state index >= 15 is 0 Å². The summed E-state index contributed by atoms with van der Waals surface area (Å²) in [5.41, 5.74) is 5.22. The SMILES string of the molecule is C#Cc1on(C)c(=O)c1-c1ccc(-c2c(C)c3cc(C)nc(C(=O)Nc4cccc(C(=O)Nc5ccn(C)n5)c4)c3n2CC)nc1. The average molecular weight is 615 g/mol. The molecule has 0 fully saturated rings. The lowest BCUT2D eigenvalue weighted by molar-refractivity contribution is 0.101. The lowest BCUT2D eigenvalue weighted by Gasteiger charge is -2.12. The van der Waals surface area contributed by atoms with Crippen LogP contribution in [0.1, 0.15) is 44.8 Å². The largest absolute Gasteiger partial charge is 0.367 e.